The Morgan fingerprint density at radius 3 is 2.10 bits per heavy atom. The first-order valence-corrected chi connectivity index (χ1v) is 8.43. The van der Waals surface area contributed by atoms with Gasteiger partial charge >= 0.3 is 0 Å². The summed E-state index contributed by atoms with van der Waals surface area (Å²) in [7, 11) is 0. The first kappa shape index (κ1) is 16.8. The van der Waals surface area contributed by atoms with Crippen molar-refractivity contribution in [3.8, 4) is 0 Å². The highest BCUT2D eigenvalue weighted by atomic mass is 16.5. The standard InChI is InChI=1S/C17H32N2O2/c1-13-10-18(11-14(2)21-13)12-15-6-8-19(9-7-15)16(20)17(3,4)5/h13-15H,6-12H2,1-5H3/t13-,14-/m1/s1. The summed E-state index contributed by atoms with van der Waals surface area (Å²) in [6.45, 7) is 15.5. The van der Waals surface area contributed by atoms with Crippen LogP contribution in [0.25, 0.3) is 0 Å². The molecule has 2 saturated heterocycles. The number of likely N-dealkylation sites (tertiary alicyclic amines) is 1. The molecule has 4 heteroatoms. The van der Waals surface area contributed by atoms with Crippen molar-refractivity contribution in [3.05, 3.63) is 0 Å². The molecule has 0 aliphatic carbocycles. The van der Waals surface area contributed by atoms with Crippen LogP contribution in [0.5, 0.6) is 0 Å². The average molecular weight is 296 g/mol. The maximum absolute atomic E-state index is 12.3. The first-order chi connectivity index (χ1) is 9.75. The van der Waals surface area contributed by atoms with Crippen LogP contribution in [-0.2, 0) is 9.53 Å². The highest BCUT2D eigenvalue weighted by Gasteiger charge is 2.31. The molecular weight excluding hydrogens is 264 g/mol. The lowest BCUT2D eigenvalue weighted by Gasteiger charge is -2.40. The molecule has 0 aromatic heterocycles. The summed E-state index contributed by atoms with van der Waals surface area (Å²) in [5.41, 5.74) is -0.248. The third-order valence-corrected chi connectivity index (χ3v) is 4.55. The Kier molecular flexibility index (Phi) is 5.31. The molecule has 0 N–H and O–H groups in total. The van der Waals surface area contributed by atoms with Crippen LogP contribution < -0.4 is 0 Å². The van der Waals surface area contributed by atoms with Crippen molar-refractivity contribution in [1.29, 1.82) is 0 Å². The van der Waals surface area contributed by atoms with Gasteiger partial charge in [-0.2, -0.15) is 0 Å². The van der Waals surface area contributed by atoms with Gasteiger partial charge in [-0.3, -0.25) is 9.69 Å². The van der Waals surface area contributed by atoms with Crippen LogP contribution in [0.2, 0.25) is 0 Å². The maximum Gasteiger partial charge on any atom is 0.227 e. The number of carbonyl (C=O) groups is 1. The zero-order valence-electron chi connectivity index (χ0n) is 14.4. The topological polar surface area (TPSA) is 32.8 Å². The largest absolute Gasteiger partial charge is 0.373 e. The Bertz CT molecular complexity index is 346. The minimum absolute atomic E-state index is 0.248. The number of piperidine rings is 1. The Balaban J connectivity index is 1.78. The van der Waals surface area contributed by atoms with Crippen molar-refractivity contribution in [2.24, 2.45) is 11.3 Å². The zero-order valence-corrected chi connectivity index (χ0v) is 14.4. The van der Waals surface area contributed by atoms with Gasteiger partial charge in [0.05, 0.1) is 12.2 Å². The summed E-state index contributed by atoms with van der Waals surface area (Å²) in [5, 5.41) is 0. The van der Waals surface area contributed by atoms with Crippen molar-refractivity contribution < 1.29 is 9.53 Å². The van der Waals surface area contributed by atoms with Crippen LogP contribution >= 0.6 is 0 Å². The molecule has 0 unspecified atom stereocenters. The summed E-state index contributed by atoms with van der Waals surface area (Å²) in [5.74, 6) is 1.03. The Morgan fingerprint density at radius 1 is 1.10 bits per heavy atom. The lowest BCUT2D eigenvalue weighted by Crippen LogP contribution is -2.49. The third-order valence-electron chi connectivity index (χ3n) is 4.55. The molecular formula is C17H32N2O2. The average Bonchev–Trinajstić information content (AvgIpc) is 2.36. The van der Waals surface area contributed by atoms with Gasteiger partial charge in [0, 0.05) is 38.1 Å². The van der Waals surface area contributed by atoms with Gasteiger partial charge < -0.3 is 9.64 Å². The van der Waals surface area contributed by atoms with Crippen molar-refractivity contribution >= 4 is 5.91 Å². The van der Waals surface area contributed by atoms with E-state index in [1.165, 1.54) is 0 Å². The number of ether oxygens (including phenoxy) is 1. The van der Waals surface area contributed by atoms with E-state index in [9.17, 15) is 4.79 Å². The predicted molar refractivity (Wildman–Crippen MR) is 85.2 cm³/mol. The Labute approximate surface area is 129 Å². The predicted octanol–water partition coefficient (Wildman–Crippen LogP) is 2.38. The van der Waals surface area contributed by atoms with Crippen LogP contribution in [0.15, 0.2) is 0 Å². The molecule has 2 rings (SSSR count). The highest BCUT2D eigenvalue weighted by Crippen LogP contribution is 2.25. The molecule has 2 atom stereocenters. The van der Waals surface area contributed by atoms with Gasteiger partial charge in [-0.25, -0.2) is 0 Å². The van der Waals surface area contributed by atoms with Gasteiger partial charge in [0.25, 0.3) is 0 Å². The van der Waals surface area contributed by atoms with Gasteiger partial charge in [0.15, 0.2) is 0 Å². The number of morpholine rings is 1. The highest BCUT2D eigenvalue weighted by molar-refractivity contribution is 5.81. The van der Waals surface area contributed by atoms with Crippen molar-refractivity contribution in [3.63, 3.8) is 0 Å². The minimum Gasteiger partial charge on any atom is -0.373 e. The molecule has 0 radical (unpaired) electrons. The van der Waals surface area contributed by atoms with E-state index in [0.29, 0.717) is 18.1 Å². The van der Waals surface area contributed by atoms with Gasteiger partial charge in [-0.1, -0.05) is 20.8 Å². The normalized spacial score (nSPS) is 29.7. The van der Waals surface area contributed by atoms with Crippen LogP contribution in [0.1, 0.15) is 47.5 Å². The van der Waals surface area contributed by atoms with E-state index in [1.54, 1.807) is 0 Å². The van der Waals surface area contributed by atoms with Crippen molar-refractivity contribution in [2.75, 3.05) is 32.7 Å². The van der Waals surface area contributed by atoms with E-state index in [2.05, 4.69) is 23.6 Å². The molecule has 21 heavy (non-hydrogen) atoms. The third kappa shape index (κ3) is 4.68. The van der Waals surface area contributed by atoms with Crippen LogP contribution in [0.4, 0.5) is 0 Å². The fraction of sp³-hybridized carbons (Fsp3) is 0.941. The van der Waals surface area contributed by atoms with Crippen LogP contribution in [0, 0.1) is 11.3 Å². The maximum atomic E-state index is 12.3. The molecule has 122 valence electrons. The van der Waals surface area contributed by atoms with E-state index >= 15 is 0 Å². The van der Waals surface area contributed by atoms with E-state index in [4.69, 9.17) is 4.74 Å². The number of amides is 1. The molecule has 4 nitrogen and oxygen atoms in total. The van der Waals surface area contributed by atoms with Gasteiger partial charge in [-0.15, -0.1) is 0 Å². The molecule has 0 bridgehead atoms. The van der Waals surface area contributed by atoms with Gasteiger partial charge in [0.2, 0.25) is 5.91 Å². The first-order valence-electron chi connectivity index (χ1n) is 8.43. The lowest BCUT2D eigenvalue weighted by atomic mass is 9.90. The molecule has 2 fully saturated rings. The van der Waals surface area contributed by atoms with E-state index in [0.717, 1.165) is 51.5 Å². The molecule has 2 aliphatic heterocycles. The van der Waals surface area contributed by atoms with Crippen LogP contribution in [0.3, 0.4) is 0 Å². The Hall–Kier alpha value is -0.610. The molecule has 0 aromatic rings. The van der Waals surface area contributed by atoms with E-state index in [-0.39, 0.29) is 5.41 Å². The second kappa shape index (κ2) is 6.66. The minimum atomic E-state index is -0.248. The molecule has 0 saturated carbocycles. The second-order valence-corrected chi connectivity index (χ2v) is 7.96. The molecule has 2 heterocycles. The summed E-state index contributed by atoms with van der Waals surface area (Å²) in [6.07, 6.45) is 2.97. The Morgan fingerprint density at radius 2 is 1.62 bits per heavy atom. The SMILES string of the molecule is C[C@@H]1CN(CC2CCN(C(=O)C(C)(C)C)CC2)C[C@@H](C)O1. The summed E-state index contributed by atoms with van der Waals surface area (Å²) in [6, 6.07) is 0. The van der Waals surface area contributed by atoms with Gasteiger partial charge in [-0.05, 0) is 32.6 Å². The van der Waals surface area contributed by atoms with Gasteiger partial charge in [0.1, 0.15) is 0 Å². The smallest absolute Gasteiger partial charge is 0.227 e. The second-order valence-electron chi connectivity index (χ2n) is 7.96. The number of hydrogen-bond acceptors (Lipinski definition) is 3. The summed E-state index contributed by atoms with van der Waals surface area (Å²) < 4.78 is 5.80. The fourth-order valence-corrected chi connectivity index (χ4v) is 3.59. The zero-order chi connectivity index (χ0) is 15.6. The number of rotatable bonds is 2. The van der Waals surface area contributed by atoms with Crippen molar-refractivity contribution in [2.45, 2.75) is 59.7 Å². The summed E-state index contributed by atoms with van der Waals surface area (Å²) >= 11 is 0. The van der Waals surface area contributed by atoms with Crippen LogP contribution in [-0.4, -0.2) is 60.6 Å². The molecule has 2 aliphatic rings. The number of carbonyl (C=O) groups excluding carboxylic acids is 1. The molecule has 0 aromatic carbocycles. The molecule has 1 amide bonds. The van der Waals surface area contributed by atoms with E-state index in [1.807, 2.05) is 20.8 Å². The monoisotopic (exact) mass is 296 g/mol. The number of nitrogens with zero attached hydrogens (tertiary/aromatic N) is 2. The number of hydrogen-bond donors (Lipinski definition) is 0. The van der Waals surface area contributed by atoms with Crippen molar-refractivity contribution in [1.82, 2.24) is 9.80 Å². The summed E-state index contributed by atoms with van der Waals surface area (Å²) in [4.78, 5) is 16.9. The molecule has 0 spiro atoms. The quantitative estimate of drug-likeness (QED) is 0.784. The van der Waals surface area contributed by atoms with E-state index < -0.39 is 0 Å². The fourth-order valence-electron chi connectivity index (χ4n) is 3.59. The lowest BCUT2D eigenvalue weighted by molar-refractivity contribution is -0.141.